The van der Waals surface area contributed by atoms with Gasteiger partial charge in [-0.05, 0) is 50.8 Å². The first-order valence-electron chi connectivity index (χ1n) is 5.73. The van der Waals surface area contributed by atoms with Gasteiger partial charge >= 0.3 is 0 Å². The van der Waals surface area contributed by atoms with Crippen molar-refractivity contribution in [3.63, 3.8) is 0 Å². The first kappa shape index (κ1) is 14.7. The lowest BCUT2D eigenvalue weighted by atomic mass is 10.1. The zero-order valence-corrected chi connectivity index (χ0v) is 13.0. The van der Waals surface area contributed by atoms with Gasteiger partial charge in [0.1, 0.15) is 4.47 Å². The smallest absolute Gasteiger partial charge is 0.284 e. The molecule has 0 aliphatic rings. The summed E-state index contributed by atoms with van der Waals surface area (Å²) in [6, 6.07) is 4.39. The lowest BCUT2D eigenvalue weighted by Crippen LogP contribution is -2.23. The van der Waals surface area contributed by atoms with Gasteiger partial charge in [-0.25, -0.2) is 0 Å². The summed E-state index contributed by atoms with van der Waals surface area (Å²) in [4.78, 5) is 22.4. The number of nitrogens with zero attached hydrogens (tertiary/aromatic N) is 1. The molecule has 0 radical (unpaired) electrons. The number of aryl methyl sites for hydroxylation is 1. The molecule has 0 aliphatic carbocycles. The molecule has 5 nitrogen and oxygen atoms in total. The van der Waals surface area contributed by atoms with E-state index >= 15 is 0 Å². The molecule has 1 amide bonds. The molecule has 1 aromatic heterocycles. The van der Waals surface area contributed by atoms with E-state index in [1.54, 1.807) is 17.4 Å². The average molecular weight is 355 g/mol. The van der Waals surface area contributed by atoms with Crippen molar-refractivity contribution in [2.24, 2.45) is 0 Å². The summed E-state index contributed by atoms with van der Waals surface area (Å²) in [5.41, 5.74) is 2.30. The lowest BCUT2D eigenvalue weighted by molar-refractivity contribution is -0.385. The molecule has 20 heavy (non-hydrogen) atoms. The molecule has 0 fully saturated rings. The standard InChI is InChI=1S/C13H11BrN2O3S/c1-8-6-20-7-9(8)5-15-13(17)10-3-2-4-11(12(10)14)16(18)19/h2-4,6-7H,5H2,1H3,(H,15,17). The fourth-order valence-corrected chi connectivity index (χ4v) is 3.12. The lowest BCUT2D eigenvalue weighted by Gasteiger charge is -2.07. The Bertz CT molecular complexity index is 669. The van der Waals surface area contributed by atoms with E-state index in [0.717, 1.165) is 11.1 Å². The van der Waals surface area contributed by atoms with E-state index in [-0.39, 0.29) is 21.6 Å². The third kappa shape index (κ3) is 3.05. The summed E-state index contributed by atoms with van der Waals surface area (Å²) in [7, 11) is 0. The number of carbonyl (C=O) groups is 1. The van der Waals surface area contributed by atoms with E-state index in [1.165, 1.54) is 12.1 Å². The molecule has 0 spiro atoms. The van der Waals surface area contributed by atoms with Crippen LogP contribution < -0.4 is 5.32 Å². The monoisotopic (exact) mass is 354 g/mol. The molecule has 1 aromatic carbocycles. The molecular weight excluding hydrogens is 344 g/mol. The Labute approximate surface area is 127 Å². The minimum atomic E-state index is -0.524. The number of carbonyl (C=O) groups excluding carboxylic acids is 1. The molecule has 0 saturated heterocycles. The van der Waals surface area contributed by atoms with Crippen LogP contribution in [0.25, 0.3) is 0 Å². The van der Waals surface area contributed by atoms with Crippen LogP contribution in [0.2, 0.25) is 0 Å². The maximum atomic E-state index is 12.1. The van der Waals surface area contributed by atoms with Crippen molar-refractivity contribution in [3.8, 4) is 0 Å². The van der Waals surface area contributed by atoms with Gasteiger partial charge < -0.3 is 5.32 Å². The minimum Gasteiger partial charge on any atom is -0.348 e. The summed E-state index contributed by atoms with van der Waals surface area (Å²) < 4.78 is 0.199. The molecule has 1 N–H and O–H groups in total. The van der Waals surface area contributed by atoms with E-state index in [4.69, 9.17) is 0 Å². The van der Waals surface area contributed by atoms with Crippen molar-refractivity contribution in [1.82, 2.24) is 5.32 Å². The Morgan fingerprint density at radius 2 is 2.20 bits per heavy atom. The number of benzene rings is 1. The molecule has 2 rings (SSSR count). The van der Waals surface area contributed by atoms with Crippen molar-refractivity contribution < 1.29 is 9.72 Å². The highest BCUT2D eigenvalue weighted by Gasteiger charge is 2.19. The Morgan fingerprint density at radius 1 is 1.45 bits per heavy atom. The largest absolute Gasteiger partial charge is 0.348 e. The van der Waals surface area contributed by atoms with Crippen LogP contribution in [0.3, 0.4) is 0 Å². The fraction of sp³-hybridized carbons (Fsp3) is 0.154. The highest BCUT2D eigenvalue weighted by atomic mass is 79.9. The Morgan fingerprint density at radius 3 is 2.80 bits per heavy atom. The second-order valence-electron chi connectivity index (χ2n) is 4.16. The normalized spacial score (nSPS) is 10.3. The maximum absolute atomic E-state index is 12.1. The molecule has 104 valence electrons. The quantitative estimate of drug-likeness (QED) is 0.672. The molecule has 1 heterocycles. The van der Waals surface area contributed by atoms with Gasteiger partial charge in [-0.3, -0.25) is 14.9 Å². The van der Waals surface area contributed by atoms with E-state index in [1.807, 2.05) is 17.7 Å². The molecule has 0 unspecified atom stereocenters. The molecule has 0 atom stereocenters. The molecule has 0 saturated carbocycles. The predicted octanol–water partition coefficient (Wildman–Crippen LogP) is 3.66. The number of hydrogen-bond acceptors (Lipinski definition) is 4. The van der Waals surface area contributed by atoms with Crippen LogP contribution in [-0.4, -0.2) is 10.8 Å². The van der Waals surface area contributed by atoms with Crippen LogP contribution in [0.1, 0.15) is 21.5 Å². The Kier molecular flexibility index (Phi) is 4.51. The van der Waals surface area contributed by atoms with Crippen molar-refractivity contribution in [2.45, 2.75) is 13.5 Å². The first-order valence-corrected chi connectivity index (χ1v) is 7.47. The highest BCUT2D eigenvalue weighted by Crippen LogP contribution is 2.28. The number of thiophene rings is 1. The average Bonchev–Trinajstić information content (AvgIpc) is 2.81. The molecule has 2 aromatic rings. The Hall–Kier alpha value is -1.73. The van der Waals surface area contributed by atoms with E-state index in [2.05, 4.69) is 21.2 Å². The summed E-state index contributed by atoms with van der Waals surface area (Å²) in [5, 5.41) is 17.6. The van der Waals surface area contributed by atoms with E-state index < -0.39 is 4.92 Å². The first-order chi connectivity index (χ1) is 9.50. The summed E-state index contributed by atoms with van der Waals surface area (Å²) >= 11 is 4.69. The van der Waals surface area contributed by atoms with Gasteiger partial charge in [0.25, 0.3) is 11.6 Å². The van der Waals surface area contributed by atoms with Gasteiger partial charge in [0.05, 0.1) is 10.5 Å². The highest BCUT2D eigenvalue weighted by molar-refractivity contribution is 9.10. The number of nitrogens with one attached hydrogen (secondary N) is 1. The SMILES string of the molecule is Cc1cscc1CNC(=O)c1cccc([N+](=O)[O-])c1Br. The van der Waals surface area contributed by atoms with Gasteiger partial charge in [-0.1, -0.05) is 6.07 Å². The minimum absolute atomic E-state index is 0.121. The van der Waals surface area contributed by atoms with Crippen molar-refractivity contribution in [2.75, 3.05) is 0 Å². The van der Waals surface area contributed by atoms with Crippen LogP contribution in [0.15, 0.2) is 33.4 Å². The predicted molar refractivity (Wildman–Crippen MR) is 81.0 cm³/mol. The number of amides is 1. The van der Waals surface area contributed by atoms with Crippen LogP contribution in [0, 0.1) is 17.0 Å². The van der Waals surface area contributed by atoms with Gasteiger partial charge in [0, 0.05) is 12.6 Å². The third-order valence-corrected chi connectivity index (χ3v) is 4.56. The number of nitro benzene ring substituents is 1. The fourth-order valence-electron chi connectivity index (χ4n) is 1.67. The summed E-state index contributed by atoms with van der Waals surface area (Å²) in [5.74, 6) is -0.342. The van der Waals surface area contributed by atoms with Crippen LogP contribution in [0.4, 0.5) is 5.69 Å². The number of hydrogen-bond donors (Lipinski definition) is 1. The molecule has 7 heteroatoms. The van der Waals surface area contributed by atoms with Crippen molar-refractivity contribution in [1.29, 1.82) is 0 Å². The van der Waals surface area contributed by atoms with Crippen molar-refractivity contribution >= 4 is 38.9 Å². The van der Waals surface area contributed by atoms with Gasteiger partial charge in [-0.15, -0.1) is 0 Å². The van der Waals surface area contributed by atoms with Crippen LogP contribution in [-0.2, 0) is 6.54 Å². The van der Waals surface area contributed by atoms with Crippen LogP contribution in [0.5, 0.6) is 0 Å². The molecular formula is C13H11BrN2O3S. The number of rotatable bonds is 4. The summed E-state index contributed by atoms with van der Waals surface area (Å²) in [6.07, 6.45) is 0. The van der Waals surface area contributed by atoms with Gasteiger partial charge in [-0.2, -0.15) is 11.3 Å². The third-order valence-electron chi connectivity index (χ3n) is 2.82. The second kappa shape index (κ2) is 6.15. The number of nitro groups is 1. The zero-order valence-electron chi connectivity index (χ0n) is 10.6. The van der Waals surface area contributed by atoms with Crippen LogP contribution >= 0.6 is 27.3 Å². The maximum Gasteiger partial charge on any atom is 0.284 e. The Balaban J connectivity index is 2.16. The molecule has 0 aliphatic heterocycles. The topological polar surface area (TPSA) is 72.2 Å². The zero-order chi connectivity index (χ0) is 14.7. The second-order valence-corrected chi connectivity index (χ2v) is 5.70. The van der Waals surface area contributed by atoms with Crippen molar-refractivity contribution in [3.05, 3.63) is 60.2 Å². The van der Waals surface area contributed by atoms with E-state index in [0.29, 0.717) is 6.54 Å². The van der Waals surface area contributed by atoms with Gasteiger partial charge in [0.15, 0.2) is 0 Å². The summed E-state index contributed by atoms with van der Waals surface area (Å²) in [6.45, 7) is 2.38. The van der Waals surface area contributed by atoms with Gasteiger partial charge in [0.2, 0.25) is 0 Å². The van der Waals surface area contributed by atoms with E-state index in [9.17, 15) is 14.9 Å². The number of halogens is 1. The molecule has 0 bridgehead atoms.